The number of carbonyl (C=O) groups is 1. The van der Waals surface area contributed by atoms with E-state index < -0.39 is 0 Å². The van der Waals surface area contributed by atoms with Crippen LogP contribution in [0.4, 0.5) is 5.69 Å². The average Bonchev–Trinajstić information content (AvgIpc) is 2.47. The molecule has 1 aromatic heterocycles. The van der Waals surface area contributed by atoms with Crippen LogP contribution in [0.1, 0.15) is 13.8 Å². The van der Waals surface area contributed by atoms with Gasteiger partial charge in [0.05, 0.1) is 0 Å². The molecule has 0 atom stereocenters. The van der Waals surface area contributed by atoms with Crippen LogP contribution < -0.4 is 9.64 Å². The number of rotatable bonds is 5. The zero-order valence-electron chi connectivity index (χ0n) is 11.7. The number of hydrogen-bond donors (Lipinski definition) is 0. The molecule has 0 fully saturated rings. The molecule has 0 unspecified atom stereocenters. The van der Waals surface area contributed by atoms with Gasteiger partial charge in [-0.2, -0.15) is 0 Å². The van der Waals surface area contributed by atoms with Crippen LogP contribution >= 0.6 is 0 Å². The standard InChI is InChI=1S/C16H18N2O2/c1-13(2)18(14-8-4-3-5-9-14)16(19)12-20-15-10-6-7-11-17-15/h3-11,13H,12H2,1-2H3. The molecule has 0 spiro atoms. The van der Waals surface area contributed by atoms with Gasteiger partial charge in [-0.05, 0) is 32.0 Å². The van der Waals surface area contributed by atoms with Gasteiger partial charge in [-0.15, -0.1) is 0 Å². The number of amides is 1. The van der Waals surface area contributed by atoms with Gasteiger partial charge in [0.1, 0.15) is 0 Å². The summed E-state index contributed by atoms with van der Waals surface area (Å²) >= 11 is 0. The van der Waals surface area contributed by atoms with Crippen molar-refractivity contribution in [3.05, 3.63) is 54.7 Å². The van der Waals surface area contributed by atoms with Crippen molar-refractivity contribution in [3.8, 4) is 5.88 Å². The van der Waals surface area contributed by atoms with Crippen LogP contribution in [0, 0.1) is 0 Å². The van der Waals surface area contributed by atoms with E-state index in [9.17, 15) is 4.79 Å². The molecule has 0 saturated carbocycles. The van der Waals surface area contributed by atoms with E-state index in [1.807, 2.05) is 50.2 Å². The van der Waals surface area contributed by atoms with Crippen molar-refractivity contribution in [2.45, 2.75) is 19.9 Å². The van der Waals surface area contributed by atoms with Crippen molar-refractivity contribution in [2.75, 3.05) is 11.5 Å². The Hall–Kier alpha value is -2.36. The molecular weight excluding hydrogens is 252 g/mol. The largest absolute Gasteiger partial charge is 0.468 e. The second-order valence-electron chi connectivity index (χ2n) is 4.65. The SMILES string of the molecule is CC(C)N(C(=O)COc1ccccn1)c1ccccc1. The fraction of sp³-hybridized carbons (Fsp3) is 0.250. The molecule has 4 heteroatoms. The molecule has 0 aliphatic carbocycles. The molecule has 0 saturated heterocycles. The first-order valence-electron chi connectivity index (χ1n) is 6.59. The molecule has 0 aliphatic heterocycles. The Kier molecular flexibility index (Phi) is 4.71. The van der Waals surface area contributed by atoms with E-state index in [0.29, 0.717) is 5.88 Å². The van der Waals surface area contributed by atoms with Crippen LogP contribution in [0.5, 0.6) is 5.88 Å². The lowest BCUT2D eigenvalue weighted by atomic mass is 10.2. The van der Waals surface area contributed by atoms with Gasteiger partial charge in [0, 0.05) is 24.0 Å². The molecule has 4 nitrogen and oxygen atoms in total. The summed E-state index contributed by atoms with van der Waals surface area (Å²) < 4.78 is 5.42. The molecule has 1 heterocycles. The Bertz CT molecular complexity index is 541. The second-order valence-corrected chi connectivity index (χ2v) is 4.65. The van der Waals surface area contributed by atoms with Crippen molar-refractivity contribution >= 4 is 11.6 Å². The first-order valence-corrected chi connectivity index (χ1v) is 6.59. The minimum atomic E-state index is -0.0862. The van der Waals surface area contributed by atoms with E-state index >= 15 is 0 Å². The molecule has 1 aromatic carbocycles. The molecule has 1 amide bonds. The average molecular weight is 270 g/mol. The Morgan fingerprint density at radius 1 is 1.15 bits per heavy atom. The van der Waals surface area contributed by atoms with Gasteiger partial charge in [0.25, 0.3) is 5.91 Å². The highest BCUT2D eigenvalue weighted by atomic mass is 16.5. The summed E-state index contributed by atoms with van der Waals surface area (Å²) in [5, 5.41) is 0. The summed E-state index contributed by atoms with van der Waals surface area (Å²) in [4.78, 5) is 18.1. The van der Waals surface area contributed by atoms with Crippen molar-refractivity contribution < 1.29 is 9.53 Å². The van der Waals surface area contributed by atoms with E-state index in [4.69, 9.17) is 4.74 Å². The molecular formula is C16H18N2O2. The highest BCUT2D eigenvalue weighted by Crippen LogP contribution is 2.17. The number of carbonyl (C=O) groups excluding carboxylic acids is 1. The maximum Gasteiger partial charge on any atom is 0.265 e. The fourth-order valence-electron chi connectivity index (χ4n) is 1.96. The molecule has 0 aliphatic rings. The Labute approximate surface area is 119 Å². The number of benzene rings is 1. The number of pyridine rings is 1. The van der Waals surface area contributed by atoms with Gasteiger partial charge >= 0.3 is 0 Å². The van der Waals surface area contributed by atoms with Crippen LogP contribution in [-0.4, -0.2) is 23.5 Å². The minimum absolute atomic E-state index is 0.0237. The number of anilines is 1. The molecule has 0 bridgehead atoms. The maximum absolute atomic E-state index is 12.3. The van der Waals surface area contributed by atoms with E-state index in [2.05, 4.69) is 4.98 Å². The van der Waals surface area contributed by atoms with Crippen molar-refractivity contribution in [1.29, 1.82) is 0 Å². The summed E-state index contributed by atoms with van der Waals surface area (Å²) in [6, 6.07) is 15.0. The van der Waals surface area contributed by atoms with Gasteiger partial charge < -0.3 is 9.64 Å². The number of ether oxygens (including phenoxy) is 1. The predicted molar refractivity (Wildman–Crippen MR) is 78.8 cm³/mol. The quantitative estimate of drug-likeness (QED) is 0.839. The van der Waals surface area contributed by atoms with Crippen LogP contribution in [-0.2, 0) is 4.79 Å². The molecule has 20 heavy (non-hydrogen) atoms. The number of aromatic nitrogens is 1. The molecule has 0 N–H and O–H groups in total. The van der Waals surface area contributed by atoms with Gasteiger partial charge in [-0.25, -0.2) is 4.98 Å². The summed E-state index contributed by atoms with van der Waals surface area (Å²) in [5.41, 5.74) is 0.872. The minimum Gasteiger partial charge on any atom is -0.468 e. The normalized spacial score (nSPS) is 10.3. The highest BCUT2D eigenvalue weighted by molar-refractivity contribution is 5.94. The van der Waals surface area contributed by atoms with Crippen LogP contribution in [0.25, 0.3) is 0 Å². The Morgan fingerprint density at radius 3 is 2.45 bits per heavy atom. The van der Waals surface area contributed by atoms with Gasteiger partial charge in [-0.3, -0.25) is 4.79 Å². The van der Waals surface area contributed by atoms with Crippen LogP contribution in [0.3, 0.4) is 0 Å². The van der Waals surface area contributed by atoms with Crippen molar-refractivity contribution in [1.82, 2.24) is 4.98 Å². The third-order valence-electron chi connectivity index (χ3n) is 2.80. The number of nitrogens with zero attached hydrogens (tertiary/aromatic N) is 2. The van der Waals surface area contributed by atoms with E-state index in [1.165, 1.54) is 0 Å². The molecule has 104 valence electrons. The molecule has 2 aromatic rings. The summed E-state index contributed by atoms with van der Waals surface area (Å²) in [6.45, 7) is 3.93. The Balaban J connectivity index is 2.05. The van der Waals surface area contributed by atoms with Crippen molar-refractivity contribution in [3.63, 3.8) is 0 Å². The number of hydrogen-bond acceptors (Lipinski definition) is 3. The Morgan fingerprint density at radius 2 is 1.85 bits per heavy atom. The summed E-state index contributed by atoms with van der Waals surface area (Å²) in [7, 11) is 0. The van der Waals surface area contributed by atoms with E-state index in [0.717, 1.165) is 5.69 Å². The second kappa shape index (κ2) is 6.70. The topological polar surface area (TPSA) is 42.4 Å². The lowest BCUT2D eigenvalue weighted by molar-refractivity contribution is -0.121. The van der Waals surface area contributed by atoms with Crippen LogP contribution in [0.2, 0.25) is 0 Å². The first-order chi connectivity index (χ1) is 9.68. The lowest BCUT2D eigenvalue weighted by Crippen LogP contribution is -2.40. The summed E-state index contributed by atoms with van der Waals surface area (Å²) in [5.74, 6) is 0.370. The zero-order valence-corrected chi connectivity index (χ0v) is 11.7. The van der Waals surface area contributed by atoms with Gasteiger partial charge in [-0.1, -0.05) is 24.3 Å². The number of para-hydroxylation sites is 1. The molecule has 2 rings (SSSR count). The van der Waals surface area contributed by atoms with E-state index in [-0.39, 0.29) is 18.6 Å². The van der Waals surface area contributed by atoms with Gasteiger partial charge in [0.2, 0.25) is 5.88 Å². The van der Waals surface area contributed by atoms with Crippen LogP contribution in [0.15, 0.2) is 54.7 Å². The fourth-order valence-corrected chi connectivity index (χ4v) is 1.96. The maximum atomic E-state index is 12.3. The first kappa shape index (κ1) is 14.1. The zero-order chi connectivity index (χ0) is 14.4. The highest BCUT2D eigenvalue weighted by Gasteiger charge is 2.19. The third-order valence-corrected chi connectivity index (χ3v) is 2.80. The third kappa shape index (κ3) is 3.57. The van der Waals surface area contributed by atoms with Gasteiger partial charge in [0.15, 0.2) is 6.61 Å². The molecule has 0 radical (unpaired) electrons. The lowest BCUT2D eigenvalue weighted by Gasteiger charge is -2.26. The smallest absolute Gasteiger partial charge is 0.265 e. The monoisotopic (exact) mass is 270 g/mol. The van der Waals surface area contributed by atoms with E-state index in [1.54, 1.807) is 23.2 Å². The predicted octanol–water partition coefficient (Wildman–Crippen LogP) is 2.90. The van der Waals surface area contributed by atoms with Crippen molar-refractivity contribution in [2.24, 2.45) is 0 Å². The summed E-state index contributed by atoms with van der Waals surface area (Å²) in [6.07, 6.45) is 1.64.